The van der Waals surface area contributed by atoms with Gasteiger partial charge < -0.3 is 14.5 Å². The molecule has 1 unspecified atom stereocenters. The highest BCUT2D eigenvalue weighted by Gasteiger charge is 2.19. The zero-order valence-corrected chi connectivity index (χ0v) is 17.2. The molecule has 0 aliphatic rings. The summed E-state index contributed by atoms with van der Waals surface area (Å²) in [6.45, 7) is 0. The number of rotatable bonds is 9. The van der Waals surface area contributed by atoms with Crippen LogP contribution in [0.3, 0.4) is 0 Å². The van der Waals surface area contributed by atoms with Gasteiger partial charge in [0.15, 0.2) is 0 Å². The first-order valence-corrected chi connectivity index (χ1v) is 10.4. The lowest BCUT2D eigenvalue weighted by atomic mass is 10.0. The predicted octanol–water partition coefficient (Wildman–Crippen LogP) is 4.13. The summed E-state index contributed by atoms with van der Waals surface area (Å²) in [5.74, 6) is 0.109. The summed E-state index contributed by atoms with van der Waals surface area (Å²) in [4.78, 5) is 28.5. The Balaban J connectivity index is 1.53. The Morgan fingerprint density at radius 1 is 1.17 bits per heavy atom. The van der Waals surface area contributed by atoms with Crippen LogP contribution in [0.5, 0.6) is 0 Å². The molecule has 0 spiro atoms. The number of nitrogens with zero attached hydrogens (tertiary/aromatic N) is 1. The van der Waals surface area contributed by atoms with Gasteiger partial charge in [-0.05, 0) is 29.8 Å². The molecule has 3 aromatic rings. The number of methoxy groups -OCH3 is 1. The van der Waals surface area contributed by atoms with Gasteiger partial charge in [-0.1, -0.05) is 30.3 Å². The number of carbonyl (C=O) groups excluding carboxylic acids is 2. The molecule has 0 saturated carbocycles. The zero-order valence-electron chi connectivity index (χ0n) is 16.3. The van der Waals surface area contributed by atoms with E-state index in [0.29, 0.717) is 17.2 Å². The second-order valence-electron chi connectivity index (χ2n) is 6.45. The van der Waals surface area contributed by atoms with Gasteiger partial charge in [-0.15, -0.1) is 11.8 Å². The van der Waals surface area contributed by atoms with Crippen LogP contribution in [0.15, 0.2) is 65.3 Å². The highest BCUT2D eigenvalue weighted by atomic mass is 32.2. The van der Waals surface area contributed by atoms with Gasteiger partial charge in [0.1, 0.15) is 12.1 Å². The maximum absolute atomic E-state index is 13.2. The lowest BCUT2D eigenvalue weighted by molar-refractivity contribution is -0.141. The number of nitrogens with one attached hydrogen (secondary N) is 1. The van der Waals surface area contributed by atoms with Crippen LogP contribution >= 0.6 is 11.8 Å². The molecule has 30 heavy (non-hydrogen) atoms. The van der Waals surface area contributed by atoms with Crippen LogP contribution in [-0.4, -0.2) is 29.7 Å². The summed E-state index contributed by atoms with van der Waals surface area (Å²) in [5.41, 5.74) is 2.25. The van der Waals surface area contributed by atoms with Crippen molar-refractivity contribution in [2.45, 2.75) is 18.2 Å². The van der Waals surface area contributed by atoms with Gasteiger partial charge in [-0.2, -0.15) is 0 Å². The second kappa shape index (κ2) is 10.6. The summed E-state index contributed by atoms with van der Waals surface area (Å²) in [7, 11) is 1.28. The Morgan fingerprint density at radius 2 is 1.90 bits per heavy atom. The first-order chi connectivity index (χ1) is 14.5. The van der Waals surface area contributed by atoms with Gasteiger partial charge in [0.05, 0.1) is 31.0 Å². The van der Waals surface area contributed by atoms with Crippen molar-refractivity contribution in [2.24, 2.45) is 0 Å². The Hall–Kier alpha value is -3.13. The van der Waals surface area contributed by atoms with Crippen LogP contribution in [0.4, 0.5) is 4.39 Å². The Labute approximate surface area is 177 Å². The normalized spacial score (nSPS) is 11.7. The average Bonchev–Trinajstić information content (AvgIpc) is 3.23. The quantitative estimate of drug-likeness (QED) is 0.516. The first kappa shape index (κ1) is 21.6. The topological polar surface area (TPSA) is 81.4 Å². The minimum absolute atomic E-state index is 0.0394. The SMILES string of the molecule is COC(=O)CC(NC(=O)CSCc1coc(-c2ccccc2)n1)c1ccc(F)cc1. The number of benzene rings is 2. The number of amides is 1. The molecule has 1 heterocycles. The van der Waals surface area contributed by atoms with Crippen LogP contribution in [0, 0.1) is 5.82 Å². The standard InChI is InChI=1S/C22H21FN2O4S/c1-28-21(27)11-19(15-7-9-17(23)10-8-15)25-20(26)14-30-13-18-12-29-22(24-18)16-5-3-2-4-6-16/h2-10,12,19H,11,13-14H2,1H3,(H,25,26). The van der Waals surface area contributed by atoms with E-state index >= 15 is 0 Å². The molecule has 0 aliphatic heterocycles. The van der Waals surface area contributed by atoms with Gasteiger partial charge in [0.2, 0.25) is 11.8 Å². The van der Waals surface area contributed by atoms with Gasteiger partial charge >= 0.3 is 5.97 Å². The van der Waals surface area contributed by atoms with Crippen LogP contribution in [0.25, 0.3) is 11.5 Å². The van der Waals surface area contributed by atoms with E-state index in [9.17, 15) is 14.0 Å². The van der Waals surface area contributed by atoms with Gasteiger partial charge in [-0.25, -0.2) is 9.37 Å². The van der Waals surface area contributed by atoms with Crippen LogP contribution < -0.4 is 5.32 Å². The molecule has 1 atom stereocenters. The number of aromatic nitrogens is 1. The van der Waals surface area contributed by atoms with E-state index in [1.165, 1.54) is 43.1 Å². The van der Waals surface area contributed by atoms with Gasteiger partial charge in [0, 0.05) is 11.3 Å². The van der Waals surface area contributed by atoms with E-state index in [1.807, 2.05) is 30.3 Å². The van der Waals surface area contributed by atoms with Crippen molar-refractivity contribution in [3.05, 3.63) is 77.9 Å². The molecule has 3 rings (SSSR count). The fourth-order valence-electron chi connectivity index (χ4n) is 2.77. The highest BCUT2D eigenvalue weighted by Crippen LogP contribution is 2.21. The molecule has 0 radical (unpaired) electrons. The lowest BCUT2D eigenvalue weighted by Crippen LogP contribution is -2.31. The largest absolute Gasteiger partial charge is 0.469 e. The third-order valence-corrected chi connectivity index (χ3v) is 5.23. The fraction of sp³-hybridized carbons (Fsp3) is 0.227. The molecule has 2 aromatic carbocycles. The number of hydrogen-bond donors (Lipinski definition) is 1. The number of carbonyl (C=O) groups is 2. The number of oxazole rings is 1. The van der Waals surface area contributed by atoms with E-state index in [0.717, 1.165) is 11.3 Å². The zero-order chi connectivity index (χ0) is 21.3. The van der Waals surface area contributed by atoms with Crippen molar-refractivity contribution in [1.82, 2.24) is 10.3 Å². The van der Waals surface area contributed by atoms with E-state index < -0.39 is 12.0 Å². The van der Waals surface area contributed by atoms with Crippen LogP contribution in [0.1, 0.15) is 23.7 Å². The lowest BCUT2D eigenvalue weighted by Gasteiger charge is -2.18. The summed E-state index contributed by atoms with van der Waals surface area (Å²) < 4.78 is 23.4. The Bertz CT molecular complexity index is 976. The predicted molar refractivity (Wildman–Crippen MR) is 112 cm³/mol. The molecule has 1 aromatic heterocycles. The number of hydrogen-bond acceptors (Lipinski definition) is 6. The molecule has 8 heteroatoms. The second-order valence-corrected chi connectivity index (χ2v) is 7.44. The minimum atomic E-state index is -0.595. The van der Waals surface area contributed by atoms with Crippen molar-refractivity contribution in [1.29, 1.82) is 0 Å². The Kier molecular flexibility index (Phi) is 7.62. The maximum atomic E-state index is 13.2. The molecule has 6 nitrogen and oxygen atoms in total. The molecule has 156 valence electrons. The summed E-state index contributed by atoms with van der Waals surface area (Å²) in [6.07, 6.45) is 1.54. The smallest absolute Gasteiger partial charge is 0.307 e. The molecule has 1 N–H and O–H groups in total. The molecule has 0 saturated heterocycles. The van der Waals surface area contributed by atoms with Crippen molar-refractivity contribution in [3.63, 3.8) is 0 Å². The Morgan fingerprint density at radius 3 is 2.60 bits per heavy atom. The van der Waals surface area contributed by atoms with E-state index in [2.05, 4.69) is 10.3 Å². The molecule has 0 aliphatic carbocycles. The van der Waals surface area contributed by atoms with E-state index in [4.69, 9.17) is 9.15 Å². The van der Waals surface area contributed by atoms with Crippen LogP contribution in [-0.2, 0) is 20.1 Å². The summed E-state index contributed by atoms with van der Waals surface area (Å²) in [6, 6.07) is 14.6. The van der Waals surface area contributed by atoms with E-state index in [-0.39, 0.29) is 23.9 Å². The molecule has 0 fully saturated rings. The molecular formula is C22H21FN2O4S. The van der Waals surface area contributed by atoms with Crippen LogP contribution in [0.2, 0.25) is 0 Å². The summed E-state index contributed by atoms with van der Waals surface area (Å²) in [5, 5.41) is 2.81. The van der Waals surface area contributed by atoms with Crippen molar-refractivity contribution >= 4 is 23.6 Å². The summed E-state index contributed by atoms with van der Waals surface area (Å²) >= 11 is 1.38. The van der Waals surface area contributed by atoms with Crippen molar-refractivity contribution in [2.75, 3.05) is 12.9 Å². The number of ether oxygens (including phenoxy) is 1. The number of halogens is 1. The maximum Gasteiger partial charge on any atom is 0.307 e. The third-order valence-electron chi connectivity index (χ3n) is 4.26. The number of esters is 1. The van der Waals surface area contributed by atoms with Crippen molar-refractivity contribution < 1.29 is 23.1 Å². The van der Waals surface area contributed by atoms with Crippen molar-refractivity contribution in [3.8, 4) is 11.5 Å². The monoisotopic (exact) mass is 428 g/mol. The molecular weight excluding hydrogens is 407 g/mol. The molecule has 1 amide bonds. The van der Waals surface area contributed by atoms with Gasteiger partial charge in [0.25, 0.3) is 0 Å². The van der Waals surface area contributed by atoms with E-state index in [1.54, 1.807) is 6.26 Å². The highest BCUT2D eigenvalue weighted by molar-refractivity contribution is 7.99. The van der Waals surface area contributed by atoms with Gasteiger partial charge in [-0.3, -0.25) is 9.59 Å². The first-order valence-electron chi connectivity index (χ1n) is 9.24. The average molecular weight is 428 g/mol. The number of thioether (sulfide) groups is 1. The third kappa shape index (κ3) is 6.18. The minimum Gasteiger partial charge on any atom is -0.469 e. The fourth-order valence-corrected chi connectivity index (χ4v) is 3.48. The molecule has 0 bridgehead atoms.